The number of aliphatic imine (C=N–C) groups is 1. The molecule has 1 aliphatic heterocycles. The fourth-order valence-corrected chi connectivity index (χ4v) is 2.08. The van der Waals surface area contributed by atoms with Gasteiger partial charge in [0.05, 0.1) is 6.21 Å². The summed E-state index contributed by atoms with van der Waals surface area (Å²) >= 11 is 0. The minimum atomic E-state index is -5.73. The van der Waals surface area contributed by atoms with Gasteiger partial charge in [0.2, 0.25) is 11.4 Å². The second-order valence-electron chi connectivity index (χ2n) is 4.92. The molecule has 1 heterocycles. The Balaban J connectivity index is 2.60. The summed E-state index contributed by atoms with van der Waals surface area (Å²) in [5.41, 5.74) is -7.18. The number of hydrogen-bond acceptors (Lipinski definition) is 5. The zero-order chi connectivity index (χ0) is 19.1. The molecule has 0 fully saturated rings. The largest absolute Gasteiger partial charge is 0.488 e. The summed E-state index contributed by atoms with van der Waals surface area (Å²) < 4.78 is 83.4. The van der Waals surface area contributed by atoms with Crippen LogP contribution in [-0.4, -0.2) is 53.2 Å². The smallest absolute Gasteiger partial charge is 0.319 e. The van der Waals surface area contributed by atoms with Gasteiger partial charge in [-0.25, -0.2) is 4.90 Å². The van der Waals surface area contributed by atoms with Crippen LogP contribution in [0, 0.1) is 11.3 Å². The van der Waals surface area contributed by atoms with Crippen LogP contribution in [0.3, 0.4) is 0 Å². The molecule has 1 aliphatic carbocycles. The molecule has 134 valence electrons. The standard InChI is InChI=1S/C13H7F6N3O3/c14-12(15,16)11(6-21-7-22(9(11)24)13(17,18)19)25-10(5-20)4-2-1-3-8(10)23/h1-4,6H,7H2. The molecule has 0 aromatic rings. The Hall–Kier alpha value is -2.68. The van der Waals surface area contributed by atoms with E-state index in [1.54, 1.807) is 0 Å². The molecule has 0 aromatic heterocycles. The van der Waals surface area contributed by atoms with Crippen LogP contribution in [0.25, 0.3) is 0 Å². The second-order valence-corrected chi connectivity index (χ2v) is 4.92. The Labute approximate surface area is 135 Å². The average molecular weight is 367 g/mol. The van der Waals surface area contributed by atoms with E-state index in [-0.39, 0.29) is 6.21 Å². The average Bonchev–Trinajstić information content (AvgIpc) is 2.49. The first-order valence-electron chi connectivity index (χ1n) is 6.38. The lowest BCUT2D eigenvalue weighted by Crippen LogP contribution is -2.68. The lowest BCUT2D eigenvalue weighted by Gasteiger charge is -2.41. The summed E-state index contributed by atoms with van der Waals surface area (Å²) in [6.07, 6.45) is -8.00. The van der Waals surface area contributed by atoms with Gasteiger partial charge in [0.1, 0.15) is 12.7 Å². The number of amides is 1. The van der Waals surface area contributed by atoms with Crippen LogP contribution in [-0.2, 0) is 14.3 Å². The van der Waals surface area contributed by atoms with E-state index < -0.39 is 46.9 Å². The number of ketones is 1. The fraction of sp³-hybridized carbons (Fsp3) is 0.385. The molecule has 0 N–H and O–H groups in total. The number of halogens is 6. The predicted octanol–water partition coefficient (Wildman–Crippen LogP) is 1.65. The third-order valence-electron chi connectivity index (χ3n) is 3.33. The van der Waals surface area contributed by atoms with Gasteiger partial charge in [0.25, 0.3) is 11.5 Å². The first-order chi connectivity index (χ1) is 11.4. The fourth-order valence-electron chi connectivity index (χ4n) is 2.08. The van der Waals surface area contributed by atoms with Crippen LogP contribution in [0.5, 0.6) is 0 Å². The zero-order valence-corrected chi connectivity index (χ0v) is 11.9. The number of alkyl halides is 6. The summed E-state index contributed by atoms with van der Waals surface area (Å²) in [7, 11) is 0. The van der Waals surface area contributed by atoms with E-state index in [0.717, 1.165) is 18.2 Å². The highest BCUT2D eigenvalue weighted by Gasteiger charge is 2.69. The third-order valence-corrected chi connectivity index (χ3v) is 3.33. The van der Waals surface area contributed by atoms with Crippen LogP contribution in [0.2, 0.25) is 0 Å². The van der Waals surface area contributed by atoms with E-state index in [1.165, 1.54) is 0 Å². The van der Waals surface area contributed by atoms with Crippen molar-refractivity contribution in [1.82, 2.24) is 4.90 Å². The molecule has 2 aliphatic rings. The molecule has 0 bridgehead atoms. The number of nitriles is 1. The maximum absolute atomic E-state index is 13.5. The highest BCUT2D eigenvalue weighted by Crippen LogP contribution is 2.41. The predicted molar refractivity (Wildman–Crippen MR) is 67.8 cm³/mol. The normalized spacial score (nSPS) is 29.9. The number of carbonyl (C=O) groups excluding carboxylic acids is 2. The maximum Gasteiger partial charge on any atom is 0.488 e. The van der Waals surface area contributed by atoms with E-state index in [4.69, 9.17) is 5.26 Å². The van der Waals surface area contributed by atoms with E-state index >= 15 is 0 Å². The quantitative estimate of drug-likeness (QED) is 0.549. The van der Waals surface area contributed by atoms with Gasteiger partial charge in [-0.3, -0.25) is 14.6 Å². The minimum Gasteiger partial charge on any atom is -0.319 e. The Morgan fingerprint density at radius 2 is 1.84 bits per heavy atom. The van der Waals surface area contributed by atoms with Crippen molar-refractivity contribution in [2.24, 2.45) is 4.99 Å². The number of allylic oxidation sites excluding steroid dienone is 2. The highest BCUT2D eigenvalue weighted by atomic mass is 19.4. The maximum atomic E-state index is 13.5. The summed E-state index contributed by atoms with van der Waals surface area (Å²) in [4.78, 5) is 25.6. The lowest BCUT2D eigenvalue weighted by molar-refractivity contribution is -0.284. The molecule has 2 unspecified atom stereocenters. The molecule has 1 amide bonds. The first kappa shape index (κ1) is 18.7. The van der Waals surface area contributed by atoms with Crippen LogP contribution < -0.4 is 0 Å². The molecule has 0 saturated heterocycles. The third kappa shape index (κ3) is 2.91. The van der Waals surface area contributed by atoms with Gasteiger partial charge >= 0.3 is 12.5 Å². The number of ether oxygens (including phenoxy) is 1. The molecule has 2 rings (SSSR count). The first-order valence-corrected chi connectivity index (χ1v) is 6.38. The minimum absolute atomic E-state index is 0.171. The monoisotopic (exact) mass is 367 g/mol. The van der Waals surface area contributed by atoms with Crippen LogP contribution in [0.15, 0.2) is 29.3 Å². The molecular formula is C13H7F6N3O3. The molecule has 25 heavy (non-hydrogen) atoms. The summed E-state index contributed by atoms with van der Waals surface area (Å²) in [6, 6.07) is 1.16. The number of hydrogen-bond donors (Lipinski definition) is 0. The van der Waals surface area contributed by atoms with E-state index in [2.05, 4.69) is 9.73 Å². The van der Waals surface area contributed by atoms with Gasteiger partial charge in [-0.05, 0) is 12.2 Å². The summed E-state index contributed by atoms with van der Waals surface area (Å²) in [6.45, 7) is -1.41. The molecule has 0 aromatic carbocycles. The summed E-state index contributed by atoms with van der Waals surface area (Å²) in [5, 5.41) is 9.09. The van der Waals surface area contributed by atoms with Gasteiger partial charge in [-0.15, -0.1) is 13.2 Å². The number of nitrogens with zero attached hydrogens (tertiary/aromatic N) is 3. The van der Waals surface area contributed by atoms with Crippen LogP contribution in [0.1, 0.15) is 0 Å². The van der Waals surface area contributed by atoms with Crippen molar-refractivity contribution in [3.05, 3.63) is 24.3 Å². The Morgan fingerprint density at radius 1 is 1.20 bits per heavy atom. The van der Waals surface area contributed by atoms with Gasteiger partial charge in [-0.2, -0.15) is 18.4 Å². The number of carbonyl (C=O) groups is 2. The highest BCUT2D eigenvalue weighted by molar-refractivity contribution is 6.07. The lowest BCUT2D eigenvalue weighted by atomic mass is 9.92. The van der Waals surface area contributed by atoms with Crippen LogP contribution >= 0.6 is 0 Å². The molecule has 0 saturated carbocycles. The van der Waals surface area contributed by atoms with Gasteiger partial charge in [0.15, 0.2) is 0 Å². The van der Waals surface area contributed by atoms with Crippen molar-refractivity contribution in [2.75, 3.05) is 6.67 Å². The Kier molecular flexibility index (Phi) is 4.25. The van der Waals surface area contributed by atoms with Crippen LogP contribution in [0.4, 0.5) is 26.3 Å². The summed E-state index contributed by atoms with van der Waals surface area (Å²) in [5.74, 6) is -3.83. The molecule has 6 nitrogen and oxygen atoms in total. The van der Waals surface area contributed by atoms with Gasteiger partial charge in [-0.1, -0.05) is 12.2 Å². The van der Waals surface area contributed by atoms with Crippen molar-refractivity contribution < 1.29 is 40.7 Å². The second kappa shape index (κ2) is 5.69. The van der Waals surface area contributed by atoms with Crippen molar-refractivity contribution in [1.29, 1.82) is 5.26 Å². The molecule has 12 heteroatoms. The van der Waals surface area contributed by atoms with Crippen molar-refractivity contribution >= 4 is 17.9 Å². The van der Waals surface area contributed by atoms with Crippen molar-refractivity contribution in [3.8, 4) is 6.07 Å². The van der Waals surface area contributed by atoms with E-state index in [1.807, 2.05) is 0 Å². The van der Waals surface area contributed by atoms with E-state index in [9.17, 15) is 35.9 Å². The Bertz CT molecular complexity index is 733. The van der Waals surface area contributed by atoms with Gasteiger partial charge in [0, 0.05) is 0 Å². The molecule has 2 atom stereocenters. The SMILES string of the molecule is N#CC1(OC2(C(F)(F)F)C=NCN(C(F)(F)F)C2=O)C=CC=CC1=O. The molecular weight excluding hydrogens is 360 g/mol. The zero-order valence-electron chi connectivity index (χ0n) is 11.9. The van der Waals surface area contributed by atoms with Gasteiger partial charge < -0.3 is 4.74 Å². The van der Waals surface area contributed by atoms with E-state index in [0.29, 0.717) is 12.2 Å². The number of rotatable bonds is 2. The Morgan fingerprint density at radius 3 is 2.32 bits per heavy atom. The molecule has 0 radical (unpaired) electrons. The molecule has 0 spiro atoms. The van der Waals surface area contributed by atoms with Crippen molar-refractivity contribution in [2.45, 2.75) is 23.7 Å². The van der Waals surface area contributed by atoms with Crippen molar-refractivity contribution in [3.63, 3.8) is 0 Å². The topological polar surface area (TPSA) is 82.8 Å².